The fourth-order valence-corrected chi connectivity index (χ4v) is 5.31. The van der Waals surface area contributed by atoms with Crippen molar-refractivity contribution in [2.45, 2.75) is 10.6 Å². The first-order valence-corrected chi connectivity index (χ1v) is 12.1. The fraction of sp³-hybridized carbons (Fsp3) is 0.0435. The van der Waals surface area contributed by atoms with E-state index in [-0.39, 0.29) is 22.0 Å². The van der Waals surface area contributed by atoms with Crippen LogP contribution >= 0.6 is 11.3 Å². The van der Waals surface area contributed by atoms with Gasteiger partial charge in [-0.05, 0) is 48.0 Å². The van der Waals surface area contributed by atoms with E-state index in [0.717, 1.165) is 10.4 Å². The van der Waals surface area contributed by atoms with Crippen molar-refractivity contribution >= 4 is 33.0 Å². The first-order valence-electron chi connectivity index (χ1n) is 9.64. The lowest BCUT2D eigenvalue weighted by atomic mass is 10.2. The minimum Gasteiger partial charge on any atom is -0.459 e. The van der Waals surface area contributed by atoms with E-state index < -0.39 is 27.4 Å². The lowest BCUT2D eigenvalue weighted by molar-refractivity contribution is 0.0832. The second-order valence-corrected chi connectivity index (χ2v) is 10.00. The third-order valence-electron chi connectivity index (χ3n) is 4.65. The van der Waals surface area contributed by atoms with Crippen LogP contribution in [0.15, 0.2) is 88.4 Å². The Morgan fingerprint density at radius 3 is 2.30 bits per heavy atom. The Kier molecular flexibility index (Phi) is 6.38. The van der Waals surface area contributed by atoms with Crippen molar-refractivity contribution in [1.29, 1.82) is 0 Å². The minimum absolute atomic E-state index is 0.125. The van der Waals surface area contributed by atoms with Crippen molar-refractivity contribution in [3.05, 3.63) is 101 Å². The number of halogens is 1. The van der Waals surface area contributed by atoms with Crippen molar-refractivity contribution in [3.8, 4) is 10.4 Å². The molecule has 0 atom stereocenters. The molecule has 0 saturated heterocycles. The van der Waals surface area contributed by atoms with E-state index in [1.54, 1.807) is 42.5 Å². The molecule has 0 fully saturated rings. The summed E-state index contributed by atoms with van der Waals surface area (Å²) < 4.78 is 43.5. The van der Waals surface area contributed by atoms with Gasteiger partial charge in [0, 0.05) is 10.4 Å². The van der Waals surface area contributed by atoms with E-state index in [9.17, 15) is 22.4 Å². The molecule has 2 heterocycles. The summed E-state index contributed by atoms with van der Waals surface area (Å²) >= 11 is 1.17. The molecule has 0 radical (unpaired) electrons. The zero-order chi connectivity index (χ0) is 23.4. The van der Waals surface area contributed by atoms with Gasteiger partial charge >= 0.3 is 5.91 Å². The van der Waals surface area contributed by atoms with Gasteiger partial charge in [-0.2, -0.15) is 0 Å². The normalized spacial score (nSPS) is 11.2. The molecule has 0 aliphatic heterocycles. The number of hydrogen-bond donors (Lipinski definition) is 2. The highest BCUT2D eigenvalue weighted by Crippen LogP contribution is 2.28. The monoisotopic (exact) mass is 484 g/mol. The third-order valence-corrected chi connectivity index (χ3v) is 7.46. The molecule has 2 N–H and O–H groups in total. The molecule has 0 saturated carbocycles. The number of furan rings is 1. The Hall–Kier alpha value is -3.76. The highest BCUT2D eigenvalue weighted by atomic mass is 32.2. The molecule has 2 aromatic carbocycles. The molecule has 0 aliphatic carbocycles. The van der Waals surface area contributed by atoms with Gasteiger partial charge < -0.3 is 4.42 Å². The molecule has 2 amide bonds. The van der Waals surface area contributed by atoms with Crippen LogP contribution in [-0.2, 0) is 15.6 Å². The van der Waals surface area contributed by atoms with Gasteiger partial charge in [-0.25, -0.2) is 12.8 Å². The van der Waals surface area contributed by atoms with Crippen molar-refractivity contribution in [3.63, 3.8) is 0 Å². The smallest absolute Gasteiger partial charge is 0.305 e. The van der Waals surface area contributed by atoms with Gasteiger partial charge in [0.1, 0.15) is 5.82 Å². The Morgan fingerprint density at radius 2 is 1.58 bits per heavy atom. The molecule has 168 valence electrons. The number of sulfone groups is 1. The van der Waals surface area contributed by atoms with Gasteiger partial charge in [0.15, 0.2) is 15.6 Å². The van der Waals surface area contributed by atoms with E-state index in [4.69, 9.17) is 4.42 Å². The molecule has 10 heteroatoms. The molecule has 0 spiro atoms. The van der Waals surface area contributed by atoms with Crippen molar-refractivity contribution in [2.24, 2.45) is 0 Å². The SMILES string of the molecule is O=C(NNC(=O)c1occc1CS(=O)(=O)c1ccccc1)c1ccc(-c2ccc(F)cc2)s1. The molecule has 0 aliphatic rings. The molecular weight excluding hydrogens is 467 g/mol. The Morgan fingerprint density at radius 1 is 0.879 bits per heavy atom. The second kappa shape index (κ2) is 9.39. The summed E-state index contributed by atoms with van der Waals surface area (Å²) in [7, 11) is -3.69. The van der Waals surface area contributed by atoms with E-state index in [2.05, 4.69) is 10.9 Å². The largest absolute Gasteiger partial charge is 0.459 e. The molecule has 4 rings (SSSR count). The van der Waals surface area contributed by atoms with Gasteiger partial charge in [-0.15, -0.1) is 11.3 Å². The average molecular weight is 485 g/mol. The third kappa shape index (κ3) is 5.18. The summed E-state index contributed by atoms with van der Waals surface area (Å²) in [5.41, 5.74) is 5.44. The Balaban J connectivity index is 1.40. The number of hydrazine groups is 1. The number of benzene rings is 2. The fourth-order valence-electron chi connectivity index (χ4n) is 3.03. The number of carbonyl (C=O) groups excluding carboxylic acids is 2. The lowest BCUT2D eigenvalue weighted by Crippen LogP contribution is -2.41. The van der Waals surface area contributed by atoms with Gasteiger partial charge in [-0.1, -0.05) is 30.3 Å². The quantitative estimate of drug-likeness (QED) is 0.399. The predicted octanol–water partition coefficient (Wildman–Crippen LogP) is 4.20. The molecular formula is C23H17FN2O5S2. The van der Waals surface area contributed by atoms with Crippen LogP contribution in [0.3, 0.4) is 0 Å². The highest BCUT2D eigenvalue weighted by molar-refractivity contribution is 7.90. The summed E-state index contributed by atoms with van der Waals surface area (Å²) in [5, 5.41) is 0. The van der Waals surface area contributed by atoms with E-state index in [0.29, 0.717) is 4.88 Å². The van der Waals surface area contributed by atoms with Crippen LogP contribution in [0, 0.1) is 5.82 Å². The molecule has 0 unspecified atom stereocenters. The average Bonchev–Trinajstić information content (AvgIpc) is 3.48. The van der Waals surface area contributed by atoms with Crippen molar-refractivity contribution < 1.29 is 26.8 Å². The van der Waals surface area contributed by atoms with Crippen LogP contribution in [0.25, 0.3) is 10.4 Å². The summed E-state index contributed by atoms with van der Waals surface area (Å²) in [5.74, 6) is -2.36. The number of rotatable bonds is 6. The second-order valence-electron chi connectivity index (χ2n) is 6.93. The van der Waals surface area contributed by atoms with E-state index in [1.807, 2.05) is 0 Å². The van der Waals surface area contributed by atoms with Crippen LogP contribution in [-0.4, -0.2) is 20.2 Å². The maximum atomic E-state index is 13.1. The van der Waals surface area contributed by atoms with Crippen LogP contribution < -0.4 is 10.9 Å². The zero-order valence-electron chi connectivity index (χ0n) is 16.9. The number of nitrogens with one attached hydrogen (secondary N) is 2. The maximum Gasteiger partial charge on any atom is 0.305 e. The highest BCUT2D eigenvalue weighted by Gasteiger charge is 2.23. The van der Waals surface area contributed by atoms with Crippen molar-refractivity contribution in [2.75, 3.05) is 0 Å². The van der Waals surface area contributed by atoms with Gasteiger partial charge in [0.25, 0.3) is 5.91 Å². The molecule has 7 nitrogen and oxygen atoms in total. The number of hydrogen-bond acceptors (Lipinski definition) is 6. The van der Waals surface area contributed by atoms with Crippen LogP contribution in [0.2, 0.25) is 0 Å². The molecule has 2 aromatic heterocycles. The Bertz CT molecular complexity index is 1390. The molecule has 4 aromatic rings. The zero-order valence-corrected chi connectivity index (χ0v) is 18.6. The Labute approximate surface area is 192 Å². The number of thiophene rings is 1. The first-order chi connectivity index (χ1) is 15.8. The van der Waals surface area contributed by atoms with Crippen LogP contribution in [0.5, 0.6) is 0 Å². The summed E-state index contributed by atoms with van der Waals surface area (Å²) in [6.07, 6.45) is 1.21. The summed E-state index contributed by atoms with van der Waals surface area (Å²) in [6.45, 7) is 0. The predicted molar refractivity (Wildman–Crippen MR) is 121 cm³/mol. The molecule has 33 heavy (non-hydrogen) atoms. The molecule has 0 bridgehead atoms. The van der Waals surface area contributed by atoms with Crippen molar-refractivity contribution in [1.82, 2.24) is 10.9 Å². The van der Waals surface area contributed by atoms with Gasteiger partial charge in [0.2, 0.25) is 0 Å². The first kappa shape index (κ1) is 22.4. The van der Waals surface area contributed by atoms with Gasteiger partial charge in [-0.3, -0.25) is 20.4 Å². The number of amides is 2. The lowest BCUT2D eigenvalue weighted by Gasteiger charge is -2.07. The number of carbonyl (C=O) groups is 2. The van der Waals surface area contributed by atoms with E-state index in [1.165, 1.54) is 47.9 Å². The summed E-state index contributed by atoms with van der Waals surface area (Å²) in [4.78, 5) is 26.1. The minimum atomic E-state index is -3.69. The topological polar surface area (TPSA) is 105 Å². The summed E-state index contributed by atoms with van der Waals surface area (Å²) in [6, 6.07) is 18.4. The van der Waals surface area contributed by atoms with Gasteiger partial charge in [0.05, 0.1) is 21.8 Å². The van der Waals surface area contributed by atoms with Crippen LogP contribution in [0.4, 0.5) is 4.39 Å². The van der Waals surface area contributed by atoms with Crippen LogP contribution in [0.1, 0.15) is 25.8 Å². The van der Waals surface area contributed by atoms with E-state index >= 15 is 0 Å². The maximum absolute atomic E-state index is 13.1. The standard InChI is InChI=1S/C23H17FN2O5S2/c24-17-8-6-15(7-9-17)19-10-11-20(32-19)22(27)25-26-23(28)21-16(12-13-31-21)14-33(29,30)18-4-2-1-3-5-18/h1-13H,14H2,(H,25,27)(H,26,28).